The third-order valence-electron chi connectivity index (χ3n) is 2.75. The maximum Gasteiger partial charge on any atom is 0.129 e. The molecular weight excluding hydrogens is 187 g/mol. The molecule has 3 unspecified atom stereocenters. The molecule has 0 saturated heterocycles. The maximum absolute atomic E-state index is 13.8. The Morgan fingerprint density at radius 1 is 0.933 bits per heavy atom. The van der Waals surface area contributed by atoms with Gasteiger partial charge in [-0.05, 0) is 11.5 Å². The van der Waals surface area contributed by atoms with Crippen LogP contribution in [-0.4, -0.2) is 6.17 Å². The van der Waals surface area contributed by atoms with Crippen molar-refractivity contribution in [3.8, 4) is 0 Å². The van der Waals surface area contributed by atoms with Gasteiger partial charge in [0.15, 0.2) is 0 Å². The lowest BCUT2D eigenvalue weighted by Gasteiger charge is -2.14. The van der Waals surface area contributed by atoms with E-state index in [1.807, 2.05) is 42.5 Å². The van der Waals surface area contributed by atoms with E-state index < -0.39 is 6.17 Å². The maximum atomic E-state index is 13.8. The molecular formula is C14H15F. The van der Waals surface area contributed by atoms with Crippen LogP contribution in [0.5, 0.6) is 0 Å². The number of hydrogen-bond donors (Lipinski definition) is 0. The first kappa shape index (κ1) is 10.2. The largest absolute Gasteiger partial charge is 0.242 e. The molecule has 78 valence electrons. The Hall–Kier alpha value is -1.37. The van der Waals surface area contributed by atoms with Gasteiger partial charge in [-0.25, -0.2) is 4.39 Å². The highest BCUT2D eigenvalue weighted by Gasteiger charge is 2.19. The van der Waals surface area contributed by atoms with Crippen molar-refractivity contribution < 1.29 is 4.39 Å². The van der Waals surface area contributed by atoms with Crippen molar-refractivity contribution in [2.45, 2.75) is 19.0 Å². The Morgan fingerprint density at radius 3 is 2.33 bits per heavy atom. The van der Waals surface area contributed by atoms with Crippen LogP contribution in [0.25, 0.3) is 0 Å². The van der Waals surface area contributed by atoms with Crippen molar-refractivity contribution in [3.63, 3.8) is 0 Å². The lowest BCUT2D eigenvalue weighted by Crippen LogP contribution is -2.08. The molecule has 1 aliphatic rings. The predicted octanol–water partition coefficient (Wildman–Crippen LogP) is 3.87. The highest BCUT2D eigenvalue weighted by Crippen LogP contribution is 2.27. The Balaban J connectivity index is 2.29. The van der Waals surface area contributed by atoms with Gasteiger partial charge in [0, 0.05) is 5.92 Å². The van der Waals surface area contributed by atoms with Crippen molar-refractivity contribution in [3.05, 3.63) is 60.2 Å². The van der Waals surface area contributed by atoms with Crippen LogP contribution in [0.3, 0.4) is 0 Å². The molecule has 3 atom stereocenters. The Morgan fingerprint density at radius 2 is 1.60 bits per heavy atom. The van der Waals surface area contributed by atoms with E-state index in [-0.39, 0.29) is 5.92 Å². The topological polar surface area (TPSA) is 0 Å². The van der Waals surface area contributed by atoms with Crippen LogP contribution in [0.2, 0.25) is 0 Å². The summed E-state index contributed by atoms with van der Waals surface area (Å²) in [6, 6.07) is 9.81. The van der Waals surface area contributed by atoms with Gasteiger partial charge >= 0.3 is 0 Å². The van der Waals surface area contributed by atoms with E-state index in [0.717, 1.165) is 5.56 Å². The second-order valence-electron chi connectivity index (χ2n) is 4.01. The summed E-state index contributed by atoms with van der Waals surface area (Å²) in [6.45, 7) is 2.06. The second kappa shape index (κ2) is 4.43. The number of halogens is 1. The average molecular weight is 202 g/mol. The fourth-order valence-electron chi connectivity index (χ4n) is 1.84. The first-order chi connectivity index (χ1) is 7.27. The van der Waals surface area contributed by atoms with Crippen LogP contribution in [0.4, 0.5) is 4.39 Å². The molecule has 0 aliphatic heterocycles. The molecule has 2 rings (SSSR count). The third-order valence-corrected chi connectivity index (χ3v) is 2.75. The van der Waals surface area contributed by atoms with Crippen LogP contribution in [-0.2, 0) is 0 Å². The fourth-order valence-corrected chi connectivity index (χ4v) is 1.84. The van der Waals surface area contributed by atoms with Crippen molar-refractivity contribution in [1.82, 2.24) is 0 Å². The Kier molecular flexibility index (Phi) is 3.00. The zero-order chi connectivity index (χ0) is 10.7. The number of benzene rings is 1. The molecule has 0 saturated carbocycles. The molecule has 15 heavy (non-hydrogen) atoms. The van der Waals surface area contributed by atoms with Crippen LogP contribution in [0.1, 0.15) is 18.4 Å². The highest BCUT2D eigenvalue weighted by molar-refractivity contribution is 5.29. The summed E-state index contributed by atoms with van der Waals surface area (Å²) in [6.07, 6.45) is 6.72. The van der Waals surface area contributed by atoms with Crippen LogP contribution < -0.4 is 0 Å². The molecule has 0 fully saturated rings. The van der Waals surface area contributed by atoms with Gasteiger partial charge < -0.3 is 0 Å². The van der Waals surface area contributed by atoms with Crippen molar-refractivity contribution in [1.29, 1.82) is 0 Å². The summed E-state index contributed by atoms with van der Waals surface area (Å²) in [4.78, 5) is 0. The van der Waals surface area contributed by atoms with E-state index >= 15 is 0 Å². The molecule has 0 spiro atoms. The highest BCUT2D eigenvalue weighted by atomic mass is 19.1. The molecule has 1 aromatic carbocycles. The summed E-state index contributed by atoms with van der Waals surface area (Å²) < 4.78 is 13.8. The summed E-state index contributed by atoms with van der Waals surface area (Å²) >= 11 is 0. The Labute approximate surface area is 90.1 Å². The summed E-state index contributed by atoms with van der Waals surface area (Å²) in [5.74, 6) is 0.198. The first-order valence-electron chi connectivity index (χ1n) is 5.33. The van der Waals surface area contributed by atoms with Crippen molar-refractivity contribution in [2.24, 2.45) is 5.92 Å². The van der Waals surface area contributed by atoms with Gasteiger partial charge in [0.2, 0.25) is 0 Å². The summed E-state index contributed by atoms with van der Waals surface area (Å²) in [5, 5.41) is 0. The average Bonchev–Trinajstić information content (AvgIpc) is 2.43. The molecule has 0 radical (unpaired) electrons. The second-order valence-corrected chi connectivity index (χ2v) is 4.01. The van der Waals surface area contributed by atoms with E-state index in [9.17, 15) is 4.39 Å². The zero-order valence-electron chi connectivity index (χ0n) is 8.81. The molecule has 0 heterocycles. The lowest BCUT2D eigenvalue weighted by atomic mass is 9.94. The van der Waals surface area contributed by atoms with E-state index in [0.29, 0.717) is 5.92 Å². The smallest absolute Gasteiger partial charge is 0.129 e. The number of allylic oxidation sites excluding steroid dienone is 4. The van der Waals surface area contributed by atoms with Crippen molar-refractivity contribution in [2.75, 3.05) is 0 Å². The minimum atomic E-state index is -0.909. The predicted molar refractivity (Wildman–Crippen MR) is 61.5 cm³/mol. The molecule has 1 heteroatoms. The van der Waals surface area contributed by atoms with E-state index in [4.69, 9.17) is 0 Å². The zero-order valence-corrected chi connectivity index (χ0v) is 8.81. The summed E-state index contributed by atoms with van der Waals surface area (Å²) in [7, 11) is 0. The van der Waals surface area contributed by atoms with Crippen LogP contribution in [0, 0.1) is 5.92 Å². The minimum absolute atomic E-state index is 0.132. The van der Waals surface area contributed by atoms with Gasteiger partial charge in [-0.3, -0.25) is 0 Å². The van der Waals surface area contributed by atoms with E-state index in [1.54, 1.807) is 6.08 Å². The van der Waals surface area contributed by atoms with Crippen LogP contribution in [0.15, 0.2) is 54.6 Å². The summed E-state index contributed by atoms with van der Waals surface area (Å²) in [5.41, 5.74) is 1.04. The number of rotatable bonds is 1. The molecule has 0 bridgehead atoms. The minimum Gasteiger partial charge on any atom is -0.242 e. The van der Waals surface area contributed by atoms with Gasteiger partial charge in [-0.1, -0.05) is 61.6 Å². The van der Waals surface area contributed by atoms with E-state index in [1.165, 1.54) is 0 Å². The number of hydrogen-bond acceptors (Lipinski definition) is 0. The number of alkyl halides is 1. The standard InChI is InChI=1S/C14H15F/c1-11-7-9-13(14(15)10-8-11)12-5-3-2-4-6-12/h2-11,13-14H,1H3. The van der Waals surface area contributed by atoms with Gasteiger partial charge in [0.05, 0.1) is 0 Å². The first-order valence-corrected chi connectivity index (χ1v) is 5.33. The lowest BCUT2D eigenvalue weighted by molar-refractivity contribution is 0.372. The fraction of sp³-hybridized carbons (Fsp3) is 0.286. The molecule has 1 aromatic rings. The SMILES string of the molecule is CC1C=CC(F)C(c2ccccc2)C=C1. The normalized spacial score (nSPS) is 30.1. The van der Waals surface area contributed by atoms with Gasteiger partial charge in [-0.2, -0.15) is 0 Å². The van der Waals surface area contributed by atoms with Gasteiger partial charge in [-0.15, -0.1) is 0 Å². The van der Waals surface area contributed by atoms with Crippen LogP contribution >= 0.6 is 0 Å². The van der Waals surface area contributed by atoms with Gasteiger partial charge in [0.25, 0.3) is 0 Å². The van der Waals surface area contributed by atoms with Crippen molar-refractivity contribution >= 4 is 0 Å². The Bertz CT molecular complexity index is 364. The molecule has 0 aromatic heterocycles. The molecule has 0 nitrogen and oxygen atoms in total. The quantitative estimate of drug-likeness (QED) is 0.606. The molecule has 0 amide bonds. The monoisotopic (exact) mass is 202 g/mol. The van der Waals surface area contributed by atoms with E-state index in [2.05, 4.69) is 13.0 Å². The third kappa shape index (κ3) is 2.35. The molecule has 1 aliphatic carbocycles. The van der Waals surface area contributed by atoms with Gasteiger partial charge in [0.1, 0.15) is 6.17 Å². The molecule has 0 N–H and O–H groups in total.